The summed E-state index contributed by atoms with van der Waals surface area (Å²) in [5.41, 5.74) is 3.88. The van der Waals surface area contributed by atoms with E-state index in [-0.39, 0.29) is 29.5 Å². The second-order valence-corrected chi connectivity index (χ2v) is 14.9. The molecule has 242 valence electrons. The number of hydrogen-bond donors (Lipinski definition) is 1. The third-order valence-corrected chi connectivity index (χ3v) is 9.82. The summed E-state index contributed by atoms with van der Waals surface area (Å²) < 4.78 is 29.7. The predicted molar refractivity (Wildman–Crippen MR) is 185 cm³/mol. The van der Waals surface area contributed by atoms with Gasteiger partial charge in [-0.25, -0.2) is 8.42 Å². The maximum atomic E-state index is 14.6. The SMILES string of the molecule is Cc1ccc(CN(C(=O)CN(c2cccc(Cl)c2C)S(=O)(=O)c2ccc(C)cc2)[C@H](Cc2ccccc2)C(=O)NC(C)(C)C)cc1. The van der Waals surface area contributed by atoms with Crippen molar-refractivity contribution in [1.29, 1.82) is 0 Å². The van der Waals surface area contributed by atoms with Gasteiger partial charge in [-0.15, -0.1) is 0 Å². The van der Waals surface area contributed by atoms with E-state index in [0.29, 0.717) is 10.6 Å². The number of sulfonamides is 1. The molecule has 0 aliphatic heterocycles. The molecule has 0 bridgehead atoms. The fourth-order valence-corrected chi connectivity index (χ4v) is 6.76. The van der Waals surface area contributed by atoms with E-state index >= 15 is 0 Å². The van der Waals surface area contributed by atoms with Crippen LogP contribution in [0.2, 0.25) is 5.02 Å². The van der Waals surface area contributed by atoms with E-state index in [1.54, 1.807) is 37.3 Å². The first-order valence-electron chi connectivity index (χ1n) is 15.2. The molecule has 2 amide bonds. The van der Waals surface area contributed by atoms with E-state index in [1.165, 1.54) is 17.0 Å². The van der Waals surface area contributed by atoms with E-state index in [1.807, 2.05) is 89.2 Å². The molecule has 0 aliphatic carbocycles. The van der Waals surface area contributed by atoms with Crippen molar-refractivity contribution < 1.29 is 18.0 Å². The highest BCUT2D eigenvalue weighted by Crippen LogP contribution is 2.31. The highest BCUT2D eigenvalue weighted by Gasteiger charge is 2.36. The van der Waals surface area contributed by atoms with Gasteiger partial charge in [0.25, 0.3) is 10.0 Å². The standard InChI is InChI=1S/C37H42ClN3O4S/c1-26-15-19-30(20-16-26)24-40(34(36(43)39-37(4,5)6)23-29-11-8-7-9-12-29)35(42)25-41(33-14-10-13-32(38)28(33)3)46(44,45)31-21-17-27(2)18-22-31/h7-22,34H,23-25H2,1-6H3,(H,39,43)/t34-/m1/s1. The predicted octanol–water partition coefficient (Wildman–Crippen LogP) is 7.02. The van der Waals surface area contributed by atoms with Gasteiger partial charge < -0.3 is 10.2 Å². The maximum Gasteiger partial charge on any atom is 0.264 e. The van der Waals surface area contributed by atoms with Crippen LogP contribution in [-0.4, -0.2) is 43.3 Å². The van der Waals surface area contributed by atoms with Crippen molar-refractivity contribution in [2.24, 2.45) is 0 Å². The zero-order chi connectivity index (χ0) is 33.6. The Hall–Kier alpha value is -4.14. The summed E-state index contributed by atoms with van der Waals surface area (Å²) in [6.45, 7) is 10.8. The van der Waals surface area contributed by atoms with Gasteiger partial charge in [-0.1, -0.05) is 95.5 Å². The van der Waals surface area contributed by atoms with Crippen molar-refractivity contribution in [3.8, 4) is 0 Å². The third-order valence-electron chi connectivity index (χ3n) is 7.64. The molecule has 0 saturated carbocycles. The molecule has 4 aromatic carbocycles. The second kappa shape index (κ2) is 14.5. The van der Waals surface area contributed by atoms with Crippen molar-refractivity contribution in [1.82, 2.24) is 10.2 Å². The lowest BCUT2D eigenvalue weighted by molar-refractivity contribution is -0.140. The van der Waals surface area contributed by atoms with Gasteiger partial charge in [0, 0.05) is 23.5 Å². The molecule has 0 unspecified atom stereocenters. The van der Waals surface area contributed by atoms with E-state index < -0.39 is 34.1 Å². The largest absolute Gasteiger partial charge is 0.350 e. The molecule has 0 fully saturated rings. The van der Waals surface area contributed by atoms with Crippen LogP contribution in [0.3, 0.4) is 0 Å². The zero-order valence-corrected chi connectivity index (χ0v) is 28.8. The van der Waals surface area contributed by atoms with Crippen LogP contribution in [0, 0.1) is 20.8 Å². The fourth-order valence-electron chi connectivity index (χ4n) is 5.11. The van der Waals surface area contributed by atoms with Gasteiger partial charge in [-0.2, -0.15) is 0 Å². The van der Waals surface area contributed by atoms with Gasteiger partial charge in [0.15, 0.2) is 0 Å². The topological polar surface area (TPSA) is 86.8 Å². The minimum absolute atomic E-state index is 0.0432. The van der Waals surface area contributed by atoms with Crippen LogP contribution in [0.15, 0.2) is 102 Å². The van der Waals surface area contributed by atoms with Crippen LogP contribution < -0.4 is 9.62 Å². The van der Waals surface area contributed by atoms with Crippen LogP contribution in [0.1, 0.15) is 48.6 Å². The molecule has 0 saturated heterocycles. The first kappa shape index (κ1) is 34.7. The number of hydrogen-bond acceptors (Lipinski definition) is 4. The lowest BCUT2D eigenvalue weighted by Crippen LogP contribution is -2.56. The minimum atomic E-state index is -4.22. The molecule has 1 atom stereocenters. The van der Waals surface area contributed by atoms with Crippen molar-refractivity contribution in [3.05, 3.63) is 130 Å². The molecular formula is C37H42ClN3O4S. The average molecular weight is 660 g/mol. The first-order chi connectivity index (χ1) is 21.7. The number of nitrogens with zero attached hydrogens (tertiary/aromatic N) is 2. The summed E-state index contributed by atoms with van der Waals surface area (Å²) in [5, 5.41) is 3.42. The van der Waals surface area contributed by atoms with Gasteiger partial charge in [0.05, 0.1) is 10.6 Å². The summed E-state index contributed by atoms with van der Waals surface area (Å²) in [4.78, 5) is 30.2. The highest BCUT2D eigenvalue weighted by atomic mass is 35.5. The molecule has 1 N–H and O–H groups in total. The van der Waals surface area contributed by atoms with Crippen LogP contribution in [-0.2, 0) is 32.6 Å². The Morgan fingerprint density at radius 3 is 1.96 bits per heavy atom. The summed E-state index contributed by atoms with van der Waals surface area (Å²) in [5.74, 6) is -0.857. The Labute approximate surface area is 278 Å². The zero-order valence-electron chi connectivity index (χ0n) is 27.2. The lowest BCUT2D eigenvalue weighted by atomic mass is 10.0. The first-order valence-corrected chi connectivity index (χ1v) is 17.0. The smallest absolute Gasteiger partial charge is 0.264 e. The quantitative estimate of drug-likeness (QED) is 0.188. The molecular weight excluding hydrogens is 618 g/mol. The monoisotopic (exact) mass is 659 g/mol. The van der Waals surface area contributed by atoms with Gasteiger partial charge >= 0.3 is 0 Å². The number of carbonyl (C=O) groups excluding carboxylic acids is 2. The van der Waals surface area contributed by atoms with Gasteiger partial charge in [0.2, 0.25) is 11.8 Å². The number of nitrogens with one attached hydrogen (secondary N) is 1. The molecule has 0 heterocycles. The average Bonchev–Trinajstić information content (AvgIpc) is 3.00. The Morgan fingerprint density at radius 2 is 1.37 bits per heavy atom. The van der Waals surface area contributed by atoms with Crippen molar-refractivity contribution >= 4 is 39.1 Å². The number of anilines is 1. The van der Waals surface area contributed by atoms with Gasteiger partial charge in [0.1, 0.15) is 12.6 Å². The molecule has 4 aromatic rings. The molecule has 0 radical (unpaired) electrons. The minimum Gasteiger partial charge on any atom is -0.350 e. The number of amides is 2. The maximum absolute atomic E-state index is 14.6. The van der Waals surface area contributed by atoms with Crippen molar-refractivity contribution in [2.75, 3.05) is 10.8 Å². The lowest BCUT2D eigenvalue weighted by Gasteiger charge is -2.35. The normalized spacial score (nSPS) is 12.3. The Kier molecular flexibility index (Phi) is 11.0. The number of benzene rings is 4. The third kappa shape index (κ3) is 8.77. The highest BCUT2D eigenvalue weighted by molar-refractivity contribution is 7.92. The fraction of sp³-hybridized carbons (Fsp3) is 0.297. The van der Waals surface area contributed by atoms with Crippen LogP contribution in [0.5, 0.6) is 0 Å². The number of carbonyl (C=O) groups is 2. The molecule has 4 rings (SSSR count). The van der Waals surface area contributed by atoms with Gasteiger partial charge in [-0.3, -0.25) is 13.9 Å². The molecule has 0 aromatic heterocycles. The second-order valence-electron chi connectivity index (χ2n) is 12.7. The molecule has 0 spiro atoms. The summed E-state index contributed by atoms with van der Waals surface area (Å²) in [7, 11) is -4.22. The van der Waals surface area contributed by atoms with E-state index in [2.05, 4.69) is 5.32 Å². The number of rotatable bonds is 11. The van der Waals surface area contributed by atoms with Crippen LogP contribution in [0.25, 0.3) is 0 Å². The molecule has 9 heteroatoms. The van der Waals surface area contributed by atoms with E-state index in [9.17, 15) is 18.0 Å². The van der Waals surface area contributed by atoms with Crippen molar-refractivity contribution in [2.45, 2.75) is 71.0 Å². The molecule has 0 aliphatic rings. The number of aryl methyl sites for hydroxylation is 2. The van der Waals surface area contributed by atoms with Gasteiger partial charge in [-0.05, 0) is 82.5 Å². The van der Waals surface area contributed by atoms with E-state index in [0.717, 1.165) is 26.6 Å². The van der Waals surface area contributed by atoms with Crippen LogP contribution in [0.4, 0.5) is 5.69 Å². The Morgan fingerprint density at radius 1 is 0.783 bits per heavy atom. The van der Waals surface area contributed by atoms with E-state index in [4.69, 9.17) is 11.6 Å². The Bertz CT molecular complexity index is 1770. The summed E-state index contributed by atoms with van der Waals surface area (Å²) >= 11 is 6.47. The van der Waals surface area contributed by atoms with Crippen LogP contribution >= 0.6 is 11.6 Å². The Balaban J connectivity index is 1.84. The molecule has 7 nitrogen and oxygen atoms in total. The summed E-state index contributed by atoms with van der Waals surface area (Å²) in [6.07, 6.45) is 0.237. The van der Waals surface area contributed by atoms with Crippen molar-refractivity contribution in [3.63, 3.8) is 0 Å². The number of halogens is 1. The summed E-state index contributed by atoms with van der Waals surface area (Å²) in [6, 6.07) is 27.7. The molecule has 46 heavy (non-hydrogen) atoms.